The molecule has 2 aromatic heterocycles. The Morgan fingerprint density at radius 2 is 1.91 bits per heavy atom. The van der Waals surface area contributed by atoms with Gasteiger partial charge in [0.1, 0.15) is 11.2 Å². The molecule has 2 unspecified atom stereocenters. The Bertz CT molecular complexity index is 1170. The first-order valence-corrected chi connectivity index (χ1v) is 12.6. The van der Waals surface area contributed by atoms with Crippen LogP contribution in [0.25, 0.3) is 11.3 Å². The van der Waals surface area contributed by atoms with Gasteiger partial charge in [-0.2, -0.15) is 5.10 Å². The predicted octanol–water partition coefficient (Wildman–Crippen LogP) is 4.62. The third-order valence-corrected chi connectivity index (χ3v) is 6.96. The number of rotatable bonds is 9. The van der Waals surface area contributed by atoms with Crippen molar-refractivity contribution in [3.63, 3.8) is 0 Å². The average molecular weight is 474 g/mol. The Morgan fingerprint density at radius 1 is 1.14 bits per heavy atom. The molecule has 1 aliphatic rings. The van der Waals surface area contributed by atoms with E-state index in [1.165, 1.54) is 5.56 Å². The van der Waals surface area contributed by atoms with Crippen LogP contribution in [0.3, 0.4) is 0 Å². The first kappa shape index (κ1) is 24.6. The van der Waals surface area contributed by atoms with Gasteiger partial charge in [-0.3, -0.25) is 19.3 Å². The number of pyridine rings is 1. The molecule has 1 aromatic carbocycles. The van der Waals surface area contributed by atoms with Gasteiger partial charge in [-0.1, -0.05) is 57.5 Å². The smallest absolute Gasteiger partial charge is 0.273 e. The highest BCUT2D eigenvalue weighted by Gasteiger charge is 2.48. The zero-order chi connectivity index (χ0) is 25.0. The number of amides is 2. The number of hydrogen-bond donors (Lipinski definition) is 1. The van der Waals surface area contributed by atoms with Crippen LogP contribution >= 0.6 is 0 Å². The molecule has 3 aromatic rings. The molecular formula is C28H35N5O2. The minimum absolute atomic E-state index is 0.0720. The summed E-state index contributed by atoms with van der Waals surface area (Å²) in [5.41, 5.74) is 3.06. The molecule has 3 heterocycles. The van der Waals surface area contributed by atoms with Gasteiger partial charge >= 0.3 is 0 Å². The first-order chi connectivity index (χ1) is 16.9. The molecule has 1 aliphatic heterocycles. The van der Waals surface area contributed by atoms with Gasteiger partial charge in [0.2, 0.25) is 5.91 Å². The first-order valence-electron chi connectivity index (χ1n) is 12.6. The summed E-state index contributed by atoms with van der Waals surface area (Å²) >= 11 is 0. The minimum Gasteiger partial charge on any atom is -0.351 e. The average Bonchev–Trinajstić information content (AvgIpc) is 3.30. The molecule has 2 amide bonds. The molecule has 0 bridgehead atoms. The van der Waals surface area contributed by atoms with Crippen molar-refractivity contribution >= 4 is 11.8 Å². The van der Waals surface area contributed by atoms with Gasteiger partial charge in [0.05, 0.1) is 24.5 Å². The minimum atomic E-state index is -1.10. The number of benzene rings is 1. The lowest BCUT2D eigenvalue weighted by Gasteiger charge is -2.43. The number of carbonyl (C=O) groups excluding carboxylic acids is 2. The summed E-state index contributed by atoms with van der Waals surface area (Å²) in [6.45, 7) is 8.67. The van der Waals surface area contributed by atoms with Crippen molar-refractivity contribution in [2.24, 2.45) is 0 Å². The molecular weight excluding hydrogens is 438 g/mol. The highest BCUT2D eigenvalue weighted by molar-refractivity contribution is 6.00. The van der Waals surface area contributed by atoms with Crippen molar-refractivity contribution in [1.82, 2.24) is 25.0 Å². The molecule has 0 saturated heterocycles. The Morgan fingerprint density at radius 3 is 2.54 bits per heavy atom. The van der Waals surface area contributed by atoms with Crippen molar-refractivity contribution in [3.05, 3.63) is 71.7 Å². The van der Waals surface area contributed by atoms with E-state index in [0.29, 0.717) is 5.69 Å². The normalized spacial score (nSPS) is 18.3. The molecule has 7 nitrogen and oxygen atoms in total. The largest absolute Gasteiger partial charge is 0.351 e. The van der Waals surface area contributed by atoms with Crippen LogP contribution in [0.1, 0.15) is 68.7 Å². The maximum atomic E-state index is 13.8. The van der Waals surface area contributed by atoms with Crippen LogP contribution in [-0.2, 0) is 24.3 Å². The van der Waals surface area contributed by atoms with E-state index in [1.807, 2.05) is 43.3 Å². The van der Waals surface area contributed by atoms with Gasteiger partial charge < -0.3 is 10.2 Å². The molecule has 0 spiro atoms. The summed E-state index contributed by atoms with van der Waals surface area (Å²) in [6.07, 6.45) is 5.39. The third-order valence-electron chi connectivity index (χ3n) is 6.96. The van der Waals surface area contributed by atoms with Crippen LogP contribution < -0.4 is 5.32 Å². The summed E-state index contributed by atoms with van der Waals surface area (Å²) in [4.78, 5) is 33.6. The maximum absolute atomic E-state index is 13.8. The van der Waals surface area contributed by atoms with Gasteiger partial charge in [-0.25, -0.2) is 0 Å². The molecule has 2 atom stereocenters. The van der Waals surface area contributed by atoms with Crippen molar-refractivity contribution < 1.29 is 9.59 Å². The Labute approximate surface area is 207 Å². The monoisotopic (exact) mass is 473 g/mol. The molecule has 0 aliphatic carbocycles. The van der Waals surface area contributed by atoms with E-state index in [0.717, 1.165) is 42.6 Å². The number of aromatic nitrogens is 3. The second-order valence-corrected chi connectivity index (χ2v) is 9.48. The number of carbonyl (C=O) groups is 2. The van der Waals surface area contributed by atoms with Gasteiger partial charge in [-0.15, -0.1) is 0 Å². The van der Waals surface area contributed by atoms with Gasteiger partial charge in [0.15, 0.2) is 0 Å². The molecule has 0 fully saturated rings. The van der Waals surface area contributed by atoms with Gasteiger partial charge in [0.25, 0.3) is 5.91 Å². The van der Waals surface area contributed by atoms with E-state index in [2.05, 4.69) is 43.2 Å². The van der Waals surface area contributed by atoms with Crippen molar-refractivity contribution in [2.45, 2.75) is 78.0 Å². The number of hydrogen-bond acceptors (Lipinski definition) is 4. The fourth-order valence-corrected chi connectivity index (χ4v) is 4.66. The van der Waals surface area contributed by atoms with E-state index in [9.17, 15) is 9.59 Å². The lowest BCUT2D eigenvalue weighted by atomic mass is 9.93. The SMILES string of the molecule is CCCC(CC)NC(=O)C1(C)Cn2nc(-c3ccc(CC)cc3)cc2C(=O)N1Cc1ccccn1. The van der Waals surface area contributed by atoms with Crippen LogP contribution in [-0.4, -0.2) is 43.1 Å². The summed E-state index contributed by atoms with van der Waals surface area (Å²) in [6, 6.07) is 15.8. The van der Waals surface area contributed by atoms with Crippen LogP contribution in [0.5, 0.6) is 0 Å². The summed E-state index contributed by atoms with van der Waals surface area (Å²) in [5.74, 6) is -0.371. The number of aryl methyl sites for hydroxylation is 1. The zero-order valence-corrected chi connectivity index (χ0v) is 21.1. The zero-order valence-electron chi connectivity index (χ0n) is 21.1. The number of nitrogens with zero attached hydrogens (tertiary/aromatic N) is 4. The predicted molar refractivity (Wildman–Crippen MR) is 137 cm³/mol. The molecule has 4 rings (SSSR count). The molecule has 184 valence electrons. The van der Waals surface area contributed by atoms with Crippen LogP contribution in [0, 0.1) is 0 Å². The van der Waals surface area contributed by atoms with Crippen LogP contribution in [0.4, 0.5) is 0 Å². The molecule has 0 radical (unpaired) electrons. The Kier molecular flexibility index (Phi) is 7.34. The fourth-order valence-electron chi connectivity index (χ4n) is 4.66. The van der Waals surface area contributed by atoms with E-state index < -0.39 is 5.54 Å². The summed E-state index contributed by atoms with van der Waals surface area (Å²) < 4.78 is 1.70. The van der Waals surface area contributed by atoms with Gasteiger partial charge in [0, 0.05) is 17.8 Å². The second-order valence-electron chi connectivity index (χ2n) is 9.48. The second kappa shape index (κ2) is 10.4. The molecule has 1 N–H and O–H groups in total. The topological polar surface area (TPSA) is 80.1 Å². The third kappa shape index (κ3) is 4.99. The molecule has 35 heavy (non-hydrogen) atoms. The maximum Gasteiger partial charge on any atom is 0.273 e. The summed E-state index contributed by atoms with van der Waals surface area (Å²) in [5, 5.41) is 7.96. The number of nitrogens with one attached hydrogen (secondary N) is 1. The van der Waals surface area contributed by atoms with E-state index in [1.54, 1.807) is 15.8 Å². The van der Waals surface area contributed by atoms with Crippen molar-refractivity contribution in [3.8, 4) is 11.3 Å². The van der Waals surface area contributed by atoms with E-state index in [-0.39, 0.29) is 30.9 Å². The highest BCUT2D eigenvalue weighted by Crippen LogP contribution is 2.31. The van der Waals surface area contributed by atoms with Crippen LogP contribution in [0.2, 0.25) is 0 Å². The van der Waals surface area contributed by atoms with E-state index in [4.69, 9.17) is 5.10 Å². The van der Waals surface area contributed by atoms with Crippen LogP contribution in [0.15, 0.2) is 54.7 Å². The van der Waals surface area contributed by atoms with Crippen molar-refractivity contribution in [1.29, 1.82) is 0 Å². The van der Waals surface area contributed by atoms with Crippen molar-refractivity contribution in [2.75, 3.05) is 0 Å². The Hall–Kier alpha value is -3.48. The molecule has 7 heteroatoms. The Balaban J connectivity index is 1.71. The quantitative estimate of drug-likeness (QED) is 0.492. The fraction of sp³-hybridized carbons (Fsp3) is 0.429. The highest BCUT2D eigenvalue weighted by atomic mass is 16.2. The number of fused-ring (bicyclic) bond motifs is 1. The lowest BCUT2D eigenvalue weighted by molar-refractivity contribution is -0.134. The lowest BCUT2D eigenvalue weighted by Crippen LogP contribution is -2.64. The van der Waals surface area contributed by atoms with Gasteiger partial charge in [-0.05, 0) is 49.9 Å². The molecule has 0 saturated carbocycles. The standard InChI is InChI=1S/C28H35N5O2/c1-5-10-22(7-3)30-27(35)28(4)19-33-25(26(34)32(28)18-23-11-8-9-16-29-23)17-24(31-33)21-14-12-20(6-2)13-15-21/h8-9,11-17,22H,5-7,10,18-19H2,1-4H3,(H,30,35). The van der Waals surface area contributed by atoms with E-state index >= 15 is 0 Å². The summed E-state index contributed by atoms with van der Waals surface area (Å²) in [7, 11) is 0.